The van der Waals surface area contributed by atoms with Crippen molar-refractivity contribution < 1.29 is 0 Å². The minimum absolute atomic E-state index is 0.684. The highest BCUT2D eigenvalue weighted by molar-refractivity contribution is 7.15. The van der Waals surface area contributed by atoms with Gasteiger partial charge in [0.1, 0.15) is 0 Å². The molecule has 12 heavy (non-hydrogen) atoms. The minimum atomic E-state index is 0.684. The smallest absolute Gasteiger partial charge is 0.180 e. The van der Waals surface area contributed by atoms with E-state index < -0.39 is 0 Å². The number of nitrogens with zero attached hydrogens (tertiary/aromatic N) is 2. The standard InChI is InChI=1S/C8H15N3S/c1-4-6-7(5-11(2)3)12-8(9)10-6/h4-5H2,1-3H3,(H2,9,10). The molecule has 0 saturated carbocycles. The van der Waals surface area contributed by atoms with E-state index in [-0.39, 0.29) is 0 Å². The highest BCUT2D eigenvalue weighted by atomic mass is 32.1. The van der Waals surface area contributed by atoms with Crippen LogP contribution in [0.15, 0.2) is 0 Å². The summed E-state index contributed by atoms with van der Waals surface area (Å²) in [6.07, 6.45) is 0.969. The van der Waals surface area contributed by atoms with E-state index in [0.29, 0.717) is 5.13 Å². The maximum atomic E-state index is 5.62. The lowest BCUT2D eigenvalue weighted by molar-refractivity contribution is 0.404. The summed E-state index contributed by atoms with van der Waals surface area (Å²) >= 11 is 1.59. The predicted molar refractivity (Wildman–Crippen MR) is 53.3 cm³/mol. The molecule has 1 aromatic rings. The number of aryl methyl sites for hydroxylation is 1. The fraction of sp³-hybridized carbons (Fsp3) is 0.625. The van der Waals surface area contributed by atoms with Crippen molar-refractivity contribution in [2.24, 2.45) is 0 Å². The Morgan fingerprint density at radius 3 is 2.67 bits per heavy atom. The molecule has 1 heterocycles. The molecule has 2 N–H and O–H groups in total. The zero-order valence-corrected chi connectivity index (χ0v) is 8.61. The van der Waals surface area contributed by atoms with Gasteiger partial charge in [-0.25, -0.2) is 4.98 Å². The molecule has 0 aromatic carbocycles. The van der Waals surface area contributed by atoms with Gasteiger partial charge in [0.15, 0.2) is 5.13 Å². The summed E-state index contributed by atoms with van der Waals surface area (Å²) in [5, 5.41) is 0.684. The second-order valence-corrected chi connectivity index (χ2v) is 4.13. The van der Waals surface area contributed by atoms with E-state index in [4.69, 9.17) is 5.73 Å². The highest BCUT2D eigenvalue weighted by Crippen LogP contribution is 2.21. The van der Waals surface area contributed by atoms with Crippen LogP contribution >= 0.6 is 11.3 Å². The third-order valence-corrected chi connectivity index (χ3v) is 2.50. The summed E-state index contributed by atoms with van der Waals surface area (Å²) in [6, 6.07) is 0. The number of nitrogen functional groups attached to an aromatic ring is 1. The van der Waals surface area contributed by atoms with Crippen molar-refractivity contribution in [1.82, 2.24) is 9.88 Å². The molecule has 0 spiro atoms. The van der Waals surface area contributed by atoms with Crippen molar-refractivity contribution in [1.29, 1.82) is 0 Å². The van der Waals surface area contributed by atoms with E-state index in [0.717, 1.165) is 18.7 Å². The number of hydrogen-bond acceptors (Lipinski definition) is 4. The molecule has 0 saturated heterocycles. The Bertz CT molecular complexity index is 255. The van der Waals surface area contributed by atoms with Gasteiger partial charge in [-0.1, -0.05) is 6.92 Å². The average molecular weight is 185 g/mol. The maximum Gasteiger partial charge on any atom is 0.180 e. The van der Waals surface area contributed by atoms with E-state index in [9.17, 15) is 0 Å². The second-order valence-electron chi connectivity index (χ2n) is 3.01. The molecule has 0 atom stereocenters. The van der Waals surface area contributed by atoms with Gasteiger partial charge in [0, 0.05) is 11.4 Å². The van der Waals surface area contributed by atoms with E-state index in [1.165, 1.54) is 4.88 Å². The third kappa shape index (κ3) is 2.19. The number of aromatic nitrogens is 1. The first kappa shape index (κ1) is 9.48. The van der Waals surface area contributed by atoms with Crippen LogP contribution in [-0.2, 0) is 13.0 Å². The fourth-order valence-corrected chi connectivity index (χ4v) is 2.13. The van der Waals surface area contributed by atoms with Gasteiger partial charge >= 0.3 is 0 Å². The van der Waals surface area contributed by atoms with Crippen LogP contribution in [0.4, 0.5) is 5.13 Å². The van der Waals surface area contributed by atoms with E-state index in [1.807, 2.05) is 0 Å². The van der Waals surface area contributed by atoms with Gasteiger partial charge in [0.05, 0.1) is 5.69 Å². The minimum Gasteiger partial charge on any atom is -0.375 e. The van der Waals surface area contributed by atoms with Gasteiger partial charge in [-0.15, -0.1) is 11.3 Å². The Kier molecular flexibility index (Phi) is 3.05. The lowest BCUT2D eigenvalue weighted by atomic mass is 10.3. The molecule has 4 heteroatoms. The summed E-state index contributed by atoms with van der Waals surface area (Å²) in [6.45, 7) is 3.05. The molecule has 68 valence electrons. The lowest BCUT2D eigenvalue weighted by Crippen LogP contribution is -2.10. The van der Waals surface area contributed by atoms with E-state index >= 15 is 0 Å². The van der Waals surface area contributed by atoms with E-state index in [2.05, 4.69) is 30.9 Å². The molecule has 0 aliphatic heterocycles. The van der Waals surface area contributed by atoms with Crippen molar-refractivity contribution in [3.63, 3.8) is 0 Å². The molecule has 0 fully saturated rings. The Labute approximate surface area is 77.2 Å². The first-order valence-electron chi connectivity index (χ1n) is 4.02. The van der Waals surface area contributed by atoms with Crippen LogP contribution in [0, 0.1) is 0 Å². The molecule has 0 unspecified atom stereocenters. The molecule has 0 aliphatic rings. The van der Waals surface area contributed by atoms with Crippen LogP contribution in [0.5, 0.6) is 0 Å². The number of anilines is 1. The predicted octanol–water partition coefficient (Wildman–Crippen LogP) is 1.35. The molecular weight excluding hydrogens is 170 g/mol. The topological polar surface area (TPSA) is 42.1 Å². The zero-order valence-electron chi connectivity index (χ0n) is 7.79. The van der Waals surface area contributed by atoms with Crippen molar-refractivity contribution in [3.05, 3.63) is 10.6 Å². The van der Waals surface area contributed by atoms with Crippen LogP contribution in [0.3, 0.4) is 0 Å². The summed E-state index contributed by atoms with van der Waals surface area (Å²) < 4.78 is 0. The highest BCUT2D eigenvalue weighted by Gasteiger charge is 2.07. The van der Waals surface area contributed by atoms with Gasteiger partial charge in [-0.3, -0.25) is 0 Å². The monoisotopic (exact) mass is 185 g/mol. The van der Waals surface area contributed by atoms with Crippen molar-refractivity contribution in [2.45, 2.75) is 19.9 Å². The Balaban J connectivity index is 2.81. The summed E-state index contributed by atoms with van der Waals surface area (Å²) in [5.41, 5.74) is 6.76. The Morgan fingerprint density at radius 2 is 2.17 bits per heavy atom. The molecular formula is C8H15N3S. The largest absolute Gasteiger partial charge is 0.375 e. The van der Waals surface area contributed by atoms with Crippen LogP contribution in [0.1, 0.15) is 17.5 Å². The quantitative estimate of drug-likeness (QED) is 0.773. The zero-order chi connectivity index (χ0) is 9.14. The van der Waals surface area contributed by atoms with Gasteiger partial charge in [0.2, 0.25) is 0 Å². The van der Waals surface area contributed by atoms with Crippen molar-refractivity contribution in [3.8, 4) is 0 Å². The van der Waals surface area contributed by atoms with Crippen molar-refractivity contribution >= 4 is 16.5 Å². The van der Waals surface area contributed by atoms with Gasteiger partial charge in [-0.05, 0) is 20.5 Å². The van der Waals surface area contributed by atoms with Gasteiger partial charge in [-0.2, -0.15) is 0 Å². The molecule has 1 aromatic heterocycles. The SMILES string of the molecule is CCc1nc(N)sc1CN(C)C. The van der Waals surface area contributed by atoms with Crippen LogP contribution < -0.4 is 5.73 Å². The molecule has 0 radical (unpaired) electrons. The lowest BCUT2D eigenvalue weighted by Gasteiger charge is -2.07. The summed E-state index contributed by atoms with van der Waals surface area (Å²) in [4.78, 5) is 7.67. The second kappa shape index (κ2) is 3.87. The number of nitrogens with two attached hydrogens (primary N) is 1. The maximum absolute atomic E-state index is 5.62. The summed E-state index contributed by atoms with van der Waals surface area (Å²) in [5.74, 6) is 0. The van der Waals surface area contributed by atoms with Crippen LogP contribution in [0.2, 0.25) is 0 Å². The Hall–Kier alpha value is -0.610. The van der Waals surface area contributed by atoms with Crippen molar-refractivity contribution in [2.75, 3.05) is 19.8 Å². The number of hydrogen-bond donors (Lipinski definition) is 1. The van der Waals surface area contributed by atoms with Gasteiger partial charge < -0.3 is 10.6 Å². The molecule has 0 aliphatic carbocycles. The molecule has 0 amide bonds. The molecule has 0 bridgehead atoms. The Morgan fingerprint density at radius 1 is 1.50 bits per heavy atom. The van der Waals surface area contributed by atoms with Gasteiger partial charge in [0.25, 0.3) is 0 Å². The van der Waals surface area contributed by atoms with E-state index in [1.54, 1.807) is 11.3 Å². The first-order chi connectivity index (χ1) is 5.63. The summed E-state index contributed by atoms with van der Waals surface area (Å²) in [7, 11) is 4.10. The van der Waals surface area contributed by atoms with Crippen LogP contribution in [-0.4, -0.2) is 24.0 Å². The molecule has 1 rings (SSSR count). The normalized spacial score (nSPS) is 11.0. The third-order valence-electron chi connectivity index (χ3n) is 1.59. The first-order valence-corrected chi connectivity index (χ1v) is 4.84. The molecule has 3 nitrogen and oxygen atoms in total. The number of thiazole rings is 1. The average Bonchev–Trinajstić information content (AvgIpc) is 2.29. The fourth-order valence-electron chi connectivity index (χ4n) is 1.09. The van der Waals surface area contributed by atoms with Crippen LogP contribution in [0.25, 0.3) is 0 Å². The number of rotatable bonds is 3.